The van der Waals surface area contributed by atoms with Gasteiger partial charge in [0, 0.05) is 5.69 Å². The molecule has 1 aromatic rings. The van der Waals surface area contributed by atoms with Gasteiger partial charge in [0.15, 0.2) is 0 Å². The number of para-hydroxylation sites is 1. The van der Waals surface area contributed by atoms with Gasteiger partial charge >= 0.3 is 11.9 Å². The summed E-state index contributed by atoms with van der Waals surface area (Å²) in [6.45, 7) is 8.73. The summed E-state index contributed by atoms with van der Waals surface area (Å²) in [5.74, 6) is -1.36. The summed E-state index contributed by atoms with van der Waals surface area (Å²) in [6.07, 6.45) is 0. The number of amides is 1. The monoisotopic (exact) mass is 350 g/mol. The Hall–Kier alpha value is -2.57. The third-order valence-corrected chi connectivity index (χ3v) is 3.02. The maximum Gasteiger partial charge on any atom is 0.340 e. The van der Waals surface area contributed by atoms with Crippen molar-refractivity contribution < 1.29 is 23.9 Å². The number of hydrogen-bond donors (Lipinski definition) is 2. The molecule has 0 aliphatic heterocycles. The van der Waals surface area contributed by atoms with Gasteiger partial charge in [-0.3, -0.25) is 9.59 Å². The average Bonchev–Trinajstić information content (AvgIpc) is 2.51. The zero-order valence-corrected chi connectivity index (χ0v) is 15.3. The highest BCUT2D eigenvalue weighted by molar-refractivity contribution is 5.97. The van der Waals surface area contributed by atoms with Crippen LogP contribution in [0.15, 0.2) is 24.3 Å². The van der Waals surface area contributed by atoms with E-state index < -0.39 is 23.6 Å². The number of benzene rings is 1. The second kappa shape index (κ2) is 9.05. The van der Waals surface area contributed by atoms with E-state index in [9.17, 15) is 14.4 Å². The zero-order valence-electron chi connectivity index (χ0n) is 15.3. The molecule has 2 N–H and O–H groups in total. The minimum absolute atomic E-state index is 0.202. The van der Waals surface area contributed by atoms with Crippen LogP contribution in [0.3, 0.4) is 0 Å². The minimum Gasteiger partial charge on any atom is -0.465 e. The fourth-order valence-electron chi connectivity index (χ4n) is 1.94. The maximum atomic E-state index is 12.3. The van der Waals surface area contributed by atoms with E-state index in [2.05, 4.69) is 10.6 Å². The standard InChI is InChI=1S/C18H26N2O5/c1-6-24-15(21)11-19-16(22)12(2)20-14-10-8-7-9-13(14)17(23)25-18(3,4)5/h7-10,12,20H,6,11H2,1-5H3,(H,19,22). The van der Waals surface area contributed by atoms with Crippen molar-refractivity contribution in [1.29, 1.82) is 0 Å². The lowest BCUT2D eigenvalue weighted by Gasteiger charge is -2.22. The van der Waals surface area contributed by atoms with Gasteiger partial charge in [-0.25, -0.2) is 4.79 Å². The van der Waals surface area contributed by atoms with E-state index >= 15 is 0 Å². The summed E-state index contributed by atoms with van der Waals surface area (Å²) >= 11 is 0. The Labute approximate surface area is 148 Å². The highest BCUT2D eigenvalue weighted by Gasteiger charge is 2.22. The van der Waals surface area contributed by atoms with Gasteiger partial charge in [0.2, 0.25) is 5.91 Å². The van der Waals surface area contributed by atoms with Crippen LogP contribution in [0.2, 0.25) is 0 Å². The molecule has 0 aromatic heterocycles. The van der Waals surface area contributed by atoms with E-state index in [1.165, 1.54) is 0 Å². The molecule has 1 amide bonds. The molecule has 7 heteroatoms. The van der Waals surface area contributed by atoms with Gasteiger partial charge in [-0.2, -0.15) is 0 Å². The van der Waals surface area contributed by atoms with Gasteiger partial charge in [-0.05, 0) is 46.8 Å². The first kappa shape index (κ1) is 20.5. The summed E-state index contributed by atoms with van der Waals surface area (Å²) in [6, 6.07) is 6.13. The molecular weight excluding hydrogens is 324 g/mol. The van der Waals surface area contributed by atoms with Gasteiger partial charge in [-0.15, -0.1) is 0 Å². The Morgan fingerprint density at radius 3 is 2.40 bits per heavy atom. The third-order valence-electron chi connectivity index (χ3n) is 3.02. The Morgan fingerprint density at radius 2 is 1.80 bits per heavy atom. The lowest BCUT2D eigenvalue weighted by atomic mass is 10.1. The van der Waals surface area contributed by atoms with Crippen molar-refractivity contribution in [2.24, 2.45) is 0 Å². The highest BCUT2D eigenvalue weighted by Crippen LogP contribution is 2.20. The van der Waals surface area contributed by atoms with Crippen molar-refractivity contribution in [2.45, 2.75) is 46.3 Å². The van der Waals surface area contributed by atoms with Crippen molar-refractivity contribution in [1.82, 2.24) is 5.32 Å². The van der Waals surface area contributed by atoms with Gasteiger partial charge in [0.1, 0.15) is 18.2 Å². The summed E-state index contributed by atoms with van der Waals surface area (Å²) in [5.41, 5.74) is 0.199. The molecule has 0 bridgehead atoms. The van der Waals surface area contributed by atoms with E-state index in [0.29, 0.717) is 11.3 Å². The summed E-state index contributed by atoms with van der Waals surface area (Å²) in [7, 11) is 0. The second-order valence-corrected chi connectivity index (χ2v) is 6.44. The van der Waals surface area contributed by atoms with E-state index in [1.807, 2.05) is 0 Å². The predicted molar refractivity (Wildman–Crippen MR) is 94.3 cm³/mol. The van der Waals surface area contributed by atoms with Crippen LogP contribution in [0, 0.1) is 0 Å². The number of rotatable bonds is 7. The number of esters is 2. The van der Waals surface area contributed by atoms with Gasteiger partial charge in [-0.1, -0.05) is 12.1 Å². The van der Waals surface area contributed by atoms with Crippen LogP contribution in [0.1, 0.15) is 45.0 Å². The molecule has 0 aliphatic rings. The molecular formula is C18H26N2O5. The average molecular weight is 350 g/mol. The topological polar surface area (TPSA) is 93.7 Å². The number of carbonyl (C=O) groups is 3. The first-order chi connectivity index (χ1) is 11.6. The molecule has 0 radical (unpaired) electrons. The lowest BCUT2D eigenvalue weighted by molar-refractivity contribution is -0.143. The van der Waals surface area contributed by atoms with E-state index in [-0.39, 0.29) is 19.1 Å². The van der Waals surface area contributed by atoms with Gasteiger partial charge in [0.25, 0.3) is 0 Å². The molecule has 0 fully saturated rings. The number of hydrogen-bond acceptors (Lipinski definition) is 6. The largest absolute Gasteiger partial charge is 0.465 e. The van der Waals surface area contributed by atoms with Crippen molar-refractivity contribution in [3.8, 4) is 0 Å². The molecule has 0 spiro atoms. The van der Waals surface area contributed by atoms with Crippen LogP contribution < -0.4 is 10.6 Å². The number of nitrogens with one attached hydrogen (secondary N) is 2. The van der Waals surface area contributed by atoms with Crippen molar-refractivity contribution in [2.75, 3.05) is 18.5 Å². The lowest BCUT2D eigenvalue weighted by Crippen LogP contribution is -2.40. The summed E-state index contributed by atoms with van der Waals surface area (Å²) < 4.78 is 10.1. The molecule has 7 nitrogen and oxygen atoms in total. The third kappa shape index (κ3) is 7.24. The van der Waals surface area contributed by atoms with Crippen LogP contribution in [0.4, 0.5) is 5.69 Å². The molecule has 1 aromatic carbocycles. The van der Waals surface area contributed by atoms with Crippen LogP contribution in [-0.4, -0.2) is 42.6 Å². The van der Waals surface area contributed by atoms with E-state index in [1.54, 1.807) is 58.9 Å². The quantitative estimate of drug-likeness (QED) is 0.732. The van der Waals surface area contributed by atoms with Gasteiger partial charge in [0.05, 0.1) is 12.2 Å². The Morgan fingerprint density at radius 1 is 1.16 bits per heavy atom. The minimum atomic E-state index is -0.655. The smallest absolute Gasteiger partial charge is 0.340 e. The Balaban J connectivity index is 2.74. The molecule has 138 valence electrons. The number of anilines is 1. The van der Waals surface area contributed by atoms with Crippen LogP contribution in [0.25, 0.3) is 0 Å². The number of ether oxygens (including phenoxy) is 2. The molecule has 1 unspecified atom stereocenters. The fraction of sp³-hybridized carbons (Fsp3) is 0.500. The van der Waals surface area contributed by atoms with E-state index in [0.717, 1.165) is 0 Å². The second-order valence-electron chi connectivity index (χ2n) is 6.44. The molecule has 0 aliphatic carbocycles. The fourth-order valence-corrected chi connectivity index (χ4v) is 1.94. The van der Waals surface area contributed by atoms with Gasteiger partial charge < -0.3 is 20.1 Å². The van der Waals surface area contributed by atoms with E-state index in [4.69, 9.17) is 9.47 Å². The molecule has 0 heterocycles. The molecule has 0 saturated heterocycles. The summed E-state index contributed by atoms with van der Waals surface area (Å²) in [4.78, 5) is 35.7. The van der Waals surface area contributed by atoms with Crippen LogP contribution in [0.5, 0.6) is 0 Å². The van der Waals surface area contributed by atoms with Crippen molar-refractivity contribution >= 4 is 23.5 Å². The molecule has 25 heavy (non-hydrogen) atoms. The normalized spacial score (nSPS) is 12.0. The SMILES string of the molecule is CCOC(=O)CNC(=O)C(C)Nc1ccccc1C(=O)OC(C)(C)C. The van der Waals surface area contributed by atoms with Crippen LogP contribution in [-0.2, 0) is 19.1 Å². The summed E-state index contributed by atoms with van der Waals surface area (Å²) in [5, 5.41) is 5.45. The predicted octanol–water partition coefficient (Wildman–Crippen LogP) is 2.12. The Kier molecular flexibility index (Phi) is 7.42. The molecule has 0 saturated carbocycles. The molecule has 1 rings (SSSR count). The highest BCUT2D eigenvalue weighted by atomic mass is 16.6. The first-order valence-corrected chi connectivity index (χ1v) is 8.16. The zero-order chi connectivity index (χ0) is 19.0. The molecule has 1 atom stereocenters. The Bertz CT molecular complexity index is 622. The number of carbonyl (C=O) groups excluding carboxylic acids is 3. The first-order valence-electron chi connectivity index (χ1n) is 8.16. The van der Waals surface area contributed by atoms with Crippen LogP contribution >= 0.6 is 0 Å². The van der Waals surface area contributed by atoms with Crippen molar-refractivity contribution in [3.63, 3.8) is 0 Å². The van der Waals surface area contributed by atoms with Crippen molar-refractivity contribution in [3.05, 3.63) is 29.8 Å². The maximum absolute atomic E-state index is 12.3.